The van der Waals surface area contributed by atoms with Crippen LogP contribution in [0, 0.1) is 11.8 Å². The minimum atomic E-state index is -0.00248. The molecule has 2 aliphatic heterocycles. The normalized spacial score (nSPS) is 20.2. The van der Waals surface area contributed by atoms with Crippen LogP contribution in [0.5, 0.6) is 0 Å². The maximum absolute atomic E-state index is 12.8. The van der Waals surface area contributed by atoms with E-state index < -0.39 is 0 Å². The van der Waals surface area contributed by atoms with Crippen molar-refractivity contribution in [2.45, 2.75) is 32.7 Å². The first-order valence-corrected chi connectivity index (χ1v) is 10.5. The third-order valence-electron chi connectivity index (χ3n) is 5.81. The van der Waals surface area contributed by atoms with Crippen molar-refractivity contribution in [3.8, 4) is 0 Å². The monoisotopic (exact) mass is 387 g/mol. The summed E-state index contributed by atoms with van der Waals surface area (Å²) in [7, 11) is 0. The third kappa shape index (κ3) is 5.32. The quantitative estimate of drug-likeness (QED) is 0.812. The summed E-state index contributed by atoms with van der Waals surface area (Å²) in [5.74, 6) is 0.323. The highest BCUT2D eigenvalue weighted by Crippen LogP contribution is 2.23. The number of nitrogens with one attached hydrogen (secondary N) is 1. The fraction of sp³-hybridized carbons (Fsp3) is 0.636. The van der Waals surface area contributed by atoms with Crippen LogP contribution in [-0.4, -0.2) is 67.6 Å². The van der Waals surface area contributed by atoms with Crippen LogP contribution in [0.15, 0.2) is 30.3 Å². The molecule has 1 atom stereocenters. The Bertz CT molecular complexity index is 636. The van der Waals surface area contributed by atoms with Gasteiger partial charge >= 0.3 is 0 Å². The molecule has 0 spiro atoms. The summed E-state index contributed by atoms with van der Waals surface area (Å²) < 4.78 is 5.49. The number of carbonyl (C=O) groups excluding carboxylic acids is 2. The molecule has 0 aromatic heterocycles. The number of nitrogens with zero attached hydrogens (tertiary/aromatic N) is 2. The van der Waals surface area contributed by atoms with E-state index in [4.69, 9.17) is 4.74 Å². The maximum atomic E-state index is 12.8. The zero-order chi connectivity index (χ0) is 19.9. The number of hydrogen-bond acceptors (Lipinski definition) is 4. The molecule has 1 aromatic rings. The van der Waals surface area contributed by atoms with Gasteiger partial charge in [-0.05, 0) is 18.4 Å². The Balaban J connectivity index is 1.54. The van der Waals surface area contributed by atoms with E-state index in [1.807, 2.05) is 36.9 Å². The average Bonchev–Trinajstić information content (AvgIpc) is 2.75. The molecule has 2 heterocycles. The molecule has 6 heteroatoms. The molecule has 2 amide bonds. The molecule has 0 aliphatic carbocycles. The van der Waals surface area contributed by atoms with Crippen molar-refractivity contribution in [3.05, 3.63) is 35.9 Å². The smallest absolute Gasteiger partial charge is 0.225 e. The number of carbonyl (C=O) groups is 2. The van der Waals surface area contributed by atoms with Crippen LogP contribution in [0.25, 0.3) is 0 Å². The lowest BCUT2D eigenvalue weighted by Crippen LogP contribution is -2.47. The third-order valence-corrected chi connectivity index (χ3v) is 5.81. The van der Waals surface area contributed by atoms with Crippen LogP contribution in [0.2, 0.25) is 0 Å². The highest BCUT2D eigenvalue weighted by molar-refractivity contribution is 5.80. The molecule has 2 aliphatic rings. The Kier molecular flexibility index (Phi) is 7.45. The van der Waals surface area contributed by atoms with Gasteiger partial charge in [0.25, 0.3) is 0 Å². The maximum Gasteiger partial charge on any atom is 0.225 e. The molecule has 0 bridgehead atoms. The summed E-state index contributed by atoms with van der Waals surface area (Å²) in [6, 6.07) is 10.5. The number of likely N-dealkylation sites (tertiary alicyclic amines) is 1. The van der Waals surface area contributed by atoms with Crippen molar-refractivity contribution in [3.63, 3.8) is 0 Å². The van der Waals surface area contributed by atoms with Gasteiger partial charge in [0.05, 0.1) is 19.3 Å². The molecular formula is C22H33N3O3. The number of ether oxygens (including phenoxy) is 1. The van der Waals surface area contributed by atoms with E-state index in [9.17, 15) is 9.59 Å². The van der Waals surface area contributed by atoms with Crippen LogP contribution in [-0.2, 0) is 14.3 Å². The predicted octanol–water partition coefficient (Wildman–Crippen LogP) is 2.07. The second-order valence-electron chi connectivity index (χ2n) is 8.07. The van der Waals surface area contributed by atoms with Gasteiger partial charge in [0.15, 0.2) is 0 Å². The highest BCUT2D eigenvalue weighted by Gasteiger charge is 2.29. The van der Waals surface area contributed by atoms with Gasteiger partial charge < -0.3 is 15.0 Å². The summed E-state index contributed by atoms with van der Waals surface area (Å²) in [6.45, 7) is 9.05. The Hall–Kier alpha value is -1.92. The standard InChI is InChI=1S/C22H33N3O3/c1-17(2)22(27)25-10-8-19(9-11-25)21(26)23-16-20(18-6-4-3-5-7-18)24-12-14-28-15-13-24/h3-7,17,19-20H,8-16H2,1-2H3,(H,23,26). The van der Waals surface area contributed by atoms with Gasteiger partial charge in [-0.15, -0.1) is 0 Å². The van der Waals surface area contributed by atoms with Crippen LogP contribution in [0.4, 0.5) is 0 Å². The van der Waals surface area contributed by atoms with E-state index in [2.05, 4.69) is 22.3 Å². The van der Waals surface area contributed by atoms with Crippen molar-refractivity contribution >= 4 is 11.8 Å². The predicted molar refractivity (Wildman–Crippen MR) is 109 cm³/mol. The van der Waals surface area contributed by atoms with Crippen molar-refractivity contribution in [2.24, 2.45) is 11.8 Å². The van der Waals surface area contributed by atoms with Gasteiger partial charge in [-0.2, -0.15) is 0 Å². The molecule has 2 fully saturated rings. The fourth-order valence-corrected chi connectivity index (χ4v) is 4.09. The number of amides is 2. The van der Waals surface area contributed by atoms with Gasteiger partial charge in [-0.25, -0.2) is 0 Å². The average molecular weight is 388 g/mol. The number of hydrogen-bond donors (Lipinski definition) is 1. The first-order chi connectivity index (χ1) is 13.6. The lowest BCUT2D eigenvalue weighted by Gasteiger charge is -2.36. The molecule has 0 radical (unpaired) electrons. The van der Waals surface area contributed by atoms with Crippen LogP contribution >= 0.6 is 0 Å². The van der Waals surface area contributed by atoms with Crippen LogP contribution in [0.3, 0.4) is 0 Å². The largest absolute Gasteiger partial charge is 0.379 e. The Morgan fingerprint density at radius 2 is 1.71 bits per heavy atom. The Morgan fingerprint density at radius 3 is 2.32 bits per heavy atom. The number of benzene rings is 1. The van der Waals surface area contributed by atoms with Crippen molar-refractivity contribution in [1.82, 2.24) is 15.1 Å². The summed E-state index contributed by atoms with van der Waals surface area (Å²) in [6.07, 6.45) is 1.50. The summed E-state index contributed by atoms with van der Waals surface area (Å²) in [4.78, 5) is 29.2. The Labute approximate surface area is 168 Å². The highest BCUT2D eigenvalue weighted by atomic mass is 16.5. The van der Waals surface area contributed by atoms with E-state index in [1.165, 1.54) is 5.56 Å². The fourth-order valence-electron chi connectivity index (χ4n) is 4.09. The molecule has 28 heavy (non-hydrogen) atoms. The van der Waals surface area contributed by atoms with Crippen LogP contribution in [0.1, 0.15) is 38.3 Å². The SMILES string of the molecule is CC(C)C(=O)N1CCC(C(=O)NCC(c2ccccc2)N2CCOCC2)CC1. The topological polar surface area (TPSA) is 61.9 Å². The molecule has 154 valence electrons. The molecule has 3 rings (SSSR count). The van der Waals surface area contributed by atoms with Gasteiger partial charge in [0.1, 0.15) is 0 Å². The second kappa shape index (κ2) is 10.0. The van der Waals surface area contributed by atoms with E-state index in [1.54, 1.807) is 0 Å². The molecule has 6 nitrogen and oxygen atoms in total. The van der Waals surface area contributed by atoms with Gasteiger partial charge in [0, 0.05) is 44.6 Å². The number of piperidine rings is 1. The molecule has 1 unspecified atom stereocenters. The van der Waals surface area contributed by atoms with Gasteiger partial charge in [0.2, 0.25) is 11.8 Å². The zero-order valence-electron chi connectivity index (χ0n) is 17.1. The summed E-state index contributed by atoms with van der Waals surface area (Å²) in [5, 5.41) is 3.19. The number of morpholine rings is 1. The van der Waals surface area contributed by atoms with Crippen molar-refractivity contribution in [2.75, 3.05) is 45.9 Å². The first-order valence-electron chi connectivity index (χ1n) is 10.5. The minimum Gasteiger partial charge on any atom is -0.379 e. The van der Waals surface area contributed by atoms with Gasteiger partial charge in [-0.3, -0.25) is 14.5 Å². The molecule has 0 saturated carbocycles. The van der Waals surface area contributed by atoms with E-state index in [0.29, 0.717) is 19.6 Å². The van der Waals surface area contributed by atoms with E-state index in [0.717, 1.165) is 39.1 Å². The summed E-state index contributed by atoms with van der Waals surface area (Å²) in [5.41, 5.74) is 1.22. The van der Waals surface area contributed by atoms with E-state index >= 15 is 0 Å². The van der Waals surface area contributed by atoms with Crippen LogP contribution < -0.4 is 5.32 Å². The second-order valence-corrected chi connectivity index (χ2v) is 8.07. The minimum absolute atomic E-state index is 0.00248. The van der Waals surface area contributed by atoms with E-state index in [-0.39, 0.29) is 29.7 Å². The number of rotatable bonds is 6. The first kappa shape index (κ1) is 20.8. The van der Waals surface area contributed by atoms with Crippen molar-refractivity contribution < 1.29 is 14.3 Å². The molecular weight excluding hydrogens is 354 g/mol. The molecule has 1 aromatic carbocycles. The summed E-state index contributed by atoms with van der Waals surface area (Å²) >= 11 is 0. The van der Waals surface area contributed by atoms with Gasteiger partial charge in [-0.1, -0.05) is 44.2 Å². The molecule has 2 saturated heterocycles. The molecule has 1 N–H and O–H groups in total. The lowest BCUT2D eigenvalue weighted by molar-refractivity contribution is -0.138. The Morgan fingerprint density at radius 1 is 1.07 bits per heavy atom. The lowest BCUT2D eigenvalue weighted by atomic mass is 9.94. The zero-order valence-corrected chi connectivity index (χ0v) is 17.1. The van der Waals surface area contributed by atoms with Crippen molar-refractivity contribution in [1.29, 1.82) is 0 Å².